The van der Waals surface area contributed by atoms with Crippen molar-refractivity contribution in [3.63, 3.8) is 0 Å². The van der Waals surface area contributed by atoms with E-state index in [1.165, 1.54) is 0 Å². The molecule has 0 aromatic heterocycles. The first kappa shape index (κ1) is 15.4. The fourth-order valence-corrected chi connectivity index (χ4v) is 2.62. The summed E-state index contributed by atoms with van der Waals surface area (Å²) in [5, 5.41) is 0. The van der Waals surface area contributed by atoms with Crippen LogP contribution < -0.4 is 0 Å². The molecule has 0 radical (unpaired) electrons. The number of amides is 1. The lowest BCUT2D eigenvalue weighted by Crippen LogP contribution is -2.53. The number of nitrogens with zero attached hydrogens (tertiary/aromatic N) is 2. The van der Waals surface area contributed by atoms with Crippen molar-refractivity contribution >= 4 is 5.91 Å². The molecule has 0 aromatic carbocycles. The number of carbonyl (C=O) groups excluding carboxylic acids is 1. The van der Waals surface area contributed by atoms with Gasteiger partial charge >= 0.3 is 0 Å². The van der Waals surface area contributed by atoms with Crippen molar-refractivity contribution in [2.45, 2.75) is 65.8 Å². The van der Waals surface area contributed by atoms with Crippen LogP contribution in [0.1, 0.15) is 41.5 Å². The van der Waals surface area contributed by atoms with Crippen LogP contribution in [0.4, 0.5) is 0 Å². The molecule has 1 heterocycles. The molecule has 4 nitrogen and oxygen atoms in total. The summed E-state index contributed by atoms with van der Waals surface area (Å²) in [4.78, 5) is 16.6. The second-order valence-corrected chi connectivity index (χ2v) is 5.91. The van der Waals surface area contributed by atoms with Crippen LogP contribution in [0.2, 0.25) is 0 Å². The van der Waals surface area contributed by atoms with Crippen LogP contribution >= 0.6 is 0 Å². The molecule has 1 saturated heterocycles. The smallest absolute Gasteiger partial charge is 0.237 e. The van der Waals surface area contributed by atoms with Gasteiger partial charge in [-0.05, 0) is 41.5 Å². The highest BCUT2D eigenvalue weighted by molar-refractivity contribution is 5.78. The zero-order valence-corrected chi connectivity index (χ0v) is 12.6. The minimum absolute atomic E-state index is 0.223. The van der Waals surface area contributed by atoms with E-state index in [0.717, 1.165) is 13.2 Å². The highest BCUT2D eigenvalue weighted by atomic mass is 16.5. The molecule has 1 aliphatic rings. The van der Waals surface area contributed by atoms with Gasteiger partial charge in [0.25, 0.3) is 0 Å². The Kier molecular flexibility index (Phi) is 5.60. The van der Waals surface area contributed by atoms with Gasteiger partial charge in [0, 0.05) is 24.7 Å². The zero-order valence-electron chi connectivity index (χ0n) is 12.6. The van der Waals surface area contributed by atoms with E-state index in [4.69, 9.17) is 4.74 Å². The van der Waals surface area contributed by atoms with Crippen molar-refractivity contribution < 1.29 is 9.53 Å². The molecule has 1 aliphatic heterocycles. The zero-order chi connectivity index (χ0) is 13.9. The monoisotopic (exact) mass is 256 g/mol. The van der Waals surface area contributed by atoms with Crippen LogP contribution in [0, 0.1) is 0 Å². The molecule has 2 atom stereocenters. The summed E-state index contributed by atoms with van der Waals surface area (Å²) in [6.45, 7) is 14.5. The number of ether oxygens (including phenoxy) is 1. The minimum atomic E-state index is 0.223. The summed E-state index contributed by atoms with van der Waals surface area (Å²) in [7, 11) is 0. The highest BCUT2D eigenvalue weighted by Gasteiger charge is 2.28. The molecule has 1 rings (SSSR count). The first-order valence-electron chi connectivity index (χ1n) is 6.99. The first-order chi connectivity index (χ1) is 8.32. The van der Waals surface area contributed by atoms with Gasteiger partial charge in [-0.1, -0.05) is 0 Å². The Hall–Kier alpha value is -0.610. The van der Waals surface area contributed by atoms with Crippen molar-refractivity contribution in [3.05, 3.63) is 0 Å². The summed E-state index contributed by atoms with van der Waals surface area (Å²) in [6, 6.07) is 0.837. The fraction of sp³-hybridized carbons (Fsp3) is 0.929. The Labute approximate surface area is 111 Å². The molecule has 0 aromatic rings. The standard InChI is InChI=1S/C14H28N2O2/c1-10(2)16(11(3)4)14(17)8-15-7-13(6)18-9-12(15)5/h10-13H,7-9H2,1-6H3/t12-,13+/m0/s1. The molecule has 18 heavy (non-hydrogen) atoms. The predicted molar refractivity (Wildman–Crippen MR) is 73.6 cm³/mol. The third-order valence-electron chi connectivity index (χ3n) is 3.48. The summed E-state index contributed by atoms with van der Waals surface area (Å²) in [6.07, 6.45) is 0.223. The van der Waals surface area contributed by atoms with Crippen LogP contribution in [0.3, 0.4) is 0 Å². The van der Waals surface area contributed by atoms with Crippen molar-refractivity contribution in [1.82, 2.24) is 9.80 Å². The fourth-order valence-electron chi connectivity index (χ4n) is 2.62. The van der Waals surface area contributed by atoms with Crippen molar-refractivity contribution in [2.24, 2.45) is 0 Å². The summed E-state index contributed by atoms with van der Waals surface area (Å²) in [5.41, 5.74) is 0. The minimum Gasteiger partial charge on any atom is -0.376 e. The van der Waals surface area contributed by atoms with Gasteiger partial charge in [0.1, 0.15) is 0 Å². The van der Waals surface area contributed by atoms with Crippen LogP contribution in [0.15, 0.2) is 0 Å². The Morgan fingerprint density at radius 2 is 1.83 bits per heavy atom. The van der Waals surface area contributed by atoms with Gasteiger partial charge in [0.05, 0.1) is 19.3 Å². The lowest BCUT2D eigenvalue weighted by molar-refractivity contribution is -0.139. The van der Waals surface area contributed by atoms with Crippen LogP contribution in [0.5, 0.6) is 0 Å². The molecule has 0 unspecified atom stereocenters. The molecule has 0 saturated carbocycles. The maximum Gasteiger partial charge on any atom is 0.237 e. The largest absolute Gasteiger partial charge is 0.376 e. The summed E-state index contributed by atoms with van der Waals surface area (Å²) >= 11 is 0. The summed E-state index contributed by atoms with van der Waals surface area (Å²) in [5.74, 6) is 0.223. The van der Waals surface area contributed by atoms with E-state index in [0.29, 0.717) is 12.6 Å². The molecule has 4 heteroatoms. The Morgan fingerprint density at radius 1 is 1.28 bits per heavy atom. The van der Waals surface area contributed by atoms with E-state index in [1.54, 1.807) is 0 Å². The first-order valence-corrected chi connectivity index (χ1v) is 6.99. The van der Waals surface area contributed by atoms with Gasteiger partial charge < -0.3 is 9.64 Å². The Balaban J connectivity index is 2.61. The lowest BCUT2D eigenvalue weighted by atomic mass is 10.2. The van der Waals surface area contributed by atoms with E-state index >= 15 is 0 Å². The molecule has 0 bridgehead atoms. The molecule has 0 aliphatic carbocycles. The van der Waals surface area contributed by atoms with Gasteiger partial charge in [0.2, 0.25) is 5.91 Å². The summed E-state index contributed by atoms with van der Waals surface area (Å²) < 4.78 is 5.59. The van der Waals surface area contributed by atoms with Gasteiger partial charge in [0.15, 0.2) is 0 Å². The van der Waals surface area contributed by atoms with E-state index in [2.05, 4.69) is 46.4 Å². The lowest BCUT2D eigenvalue weighted by Gasteiger charge is -2.39. The van der Waals surface area contributed by atoms with Crippen LogP contribution in [0.25, 0.3) is 0 Å². The van der Waals surface area contributed by atoms with Crippen molar-refractivity contribution in [2.75, 3.05) is 19.7 Å². The molecule has 106 valence electrons. The van der Waals surface area contributed by atoms with Gasteiger partial charge in [-0.25, -0.2) is 0 Å². The number of morpholine rings is 1. The van der Waals surface area contributed by atoms with Crippen LogP contribution in [-0.2, 0) is 9.53 Å². The topological polar surface area (TPSA) is 32.8 Å². The number of rotatable bonds is 4. The maximum absolute atomic E-state index is 12.4. The third kappa shape index (κ3) is 3.95. The van der Waals surface area contributed by atoms with Crippen molar-refractivity contribution in [3.8, 4) is 0 Å². The second kappa shape index (κ2) is 6.53. The second-order valence-electron chi connectivity index (χ2n) is 5.91. The molecule has 0 spiro atoms. The Morgan fingerprint density at radius 3 is 2.33 bits per heavy atom. The number of carbonyl (C=O) groups is 1. The van der Waals surface area contributed by atoms with Gasteiger partial charge in [-0.15, -0.1) is 0 Å². The van der Waals surface area contributed by atoms with E-state index in [1.807, 2.05) is 4.90 Å². The average molecular weight is 256 g/mol. The maximum atomic E-state index is 12.4. The van der Waals surface area contributed by atoms with Gasteiger partial charge in [-0.3, -0.25) is 9.69 Å². The third-order valence-corrected chi connectivity index (χ3v) is 3.48. The number of hydrogen-bond acceptors (Lipinski definition) is 3. The van der Waals surface area contributed by atoms with E-state index in [-0.39, 0.29) is 24.1 Å². The molecule has 1 amide bonds. The van der Waals surface area contributed by atoms with E-state index < -0.39 is 0 Å². The molecular weight excluding hydrogens is 228 g/mol. The van der Waals surface area contributed by atoms with Crippen LogP contribution in [-0.4, -0.2) is 59.6 Å². The predicted octanol–water partition coefficient (Wildman–Crippen LogP) is 1.74. The SMILES string of the molecule is CC(C)N(C(=O)CN1C[C@@H](C)OC[C@@H]1C)C(C)C. The molecule has 0 N–H and O–H groups in total. The molecule has 1 fully saturated rings. The average Bonchev–Trinajstić information content (AvgIpc) is 2.22. The van der Waals surface area contributed by atoms with E-state index in [9.17, 15) is 4.79 Å². The Bertz CT molecular complexity index is 271. The number of hydrogen-bond donors (Lipinski definition) is 0. The quantitative estimate of drug-likeness (QED) is 0.768. The van der Waals surface area contributed by atoms with Crippen molar-refractivity contribution in [1.29, 1.82) is 0 Å². The highest BCUT2D eigenvalue weighted by Crippen LogP contribution is 2.13. The van der Waals surface area contributed by atoms with Gasteiger partial charge in [-0.2, -0.15) is 0 Å². The normalized spacial score (nSPS) is 25.8. The molecular formula is C14H28N2O2.